The number of hydrogen-bond donors (Lipinski definition) is 2. The van der Waals surface area contributed by atoms with Crippen LogP contribution in [-0.4, -0.2) is 44.1 Å². The molecule has 1 aromatic carbocycles. The number of piperidine rings is 1. The van der Waals surface area contributed by atoms with Crippen molar-refractivity contribution in [3.8, 4) is 0 Å². The first-order valence-corrected chi connectivity index (χ1v) is 11.4. The molecule has 146 valence electrons. The van der Waals surface area contributed by atoms with Crippen molar-refractivity contribution in [2.24, 2.45) is 0 Å². The summed E-state index contributed by atoms with van der Waals surface area (Å²) in [5, 5.41) is 7.80. The molecule has 0 saturated carbocycles. The molecule has 0 aliphatic carbocycles. The van der Waals surface area contributed by atoms with Crippen molar-refractivity contribution in [3.05, 3.63) is 58.0 Å². The average Bonchev–Trinajstić information content (AvgIpc) is 3.14. The van der Waals surface area contributed by atoms with Crippen LogP contribution < -0.4 is 10.6 Å². The molecular formula is C18H22FN3O3S2. The van der Waals surface area contributed by atoms with Gasteiger partial charge < -0.3 is 10.6 Å². The second-order valence-corrected chi connectivity index (χ2v) is 9.52. The van der Waals surface area contributed by atoms with Crippen LogP contribution in [-0.2, 0) is 10.0 Å². The fraction of sp³-hybridized carbons (Fsp3) is 0.389. The summed E-state index contributed by atoms with van der Waals surface area (Å²) in [5.41, 5.74) is 0.792. The van der Waals surface area contributed by atoms with Gasteiger partial charge in [-0.25, -0.2) is 21.9 Å². The predicted molar refractivity (Wildman–Crippen MR) is 104 cm³/mol. The smallest absolute Gasteiger partial charge is 0.315 e. The molecule has 2 N–H and O–H groups in total. The highest BCUT2D eigenvalue weighted by molar-refractivity contribution is 7.88. The van der Waals surface area contributed by atoms with Crippen LogP contribution in [0, 0.1) is 5.82 Å². The Labute approximate surface area is 162 Å². The summed E-state index contributed by atoms with van der Waals surface area (Å²) in [4.78, 5) is 13.5. The third-order valence-corrected chi connectivity index (χ3v) is 6.80. The second-order valence-electron chi connectivity index (χ2n) is 6.55. The maximum Gasteiger partial charge on any atom is 0.315 e. The Balaban J connectivity index is 1.63. The normalized spacial score (nSPS) is 17.4. The highest BCUT2D eigenvalue weighted by Gasteiger charge is 2.26. The lowest BCUT2D eigenvalue weighted by Gasteiger charge is -2.31. The maximum atomic E-state index is 13.2. The molecule has 0 spiro atoms. The van der Waals surface area contributed by atoms with Gasteiger partial charge in [0.1, 0.15) is 5.82 Å². The van der Waals surface area contributed by atoms with Crippen LogP contribution in [0.2, 0.25) is 0 Å². The minimum Gasteiger partial charge on any atom is -0.335 e. The number of carbonyl (C=O) groups excluding carboxylic acids is 1. The predicted octanol–water partition coefficient (Wildman–Crippen LogP) is 2.70. The second kappa shape index (κ2) is 8.37. The summed E-state index contributed by atoms with van der Waals surface area (Å²) in [6.45, 7) is 0.798. The monoisotopic (exact) mass is 411 g/mol. The lowest BCUT2D eigenvalue weighted by Crippen LogP contribution is -2.49. The van der Waals surface area contributed by atoms with Crippen molar-refractivity contribution in [3.63, 3.8) is 0 Å². The summed E-state index contributed by atoms with van der Waals surface area (Å²) >= 11 is 1.51. The maximum absolute atomic E-state index is 13.2. The van der Waals surface area contributed by atoms with E-state index in [1.165, 1.54) is 34.0 Å². The fourth-order valence-electron chi connectivity index (χ4n) is 3.12. The Kier molecular flexibility index (Phi) is 6.13. The lowest BCUT2D eigenvalue weighted by atomic mass is 10.1. The minimum atomic E-state index is -3.19. The number of sulfonamides is 1. The van der Waals surface area contributed by atoms with Gasteiger partial charge in [-0.15, -0.1) is 11.3 Å². The molecular weight excluding hydrogens is 389 g/mol. The molecule has 1 fully saturated rings. The number of hydrogen-bond acceptors (Lipinski definition) is 4. The third-order valence-electron chi connectivity index (χ3n) is 4.56. The van der Waals surface area contributed by atoms with Crippen LogP contribution in [0.1, 0.15) is 29.3 Å². The van der Waals surface area contributed by atoms with Crippen molar-refractivity contribution in [1.29, 1.82) is 0 Å². The first-order chi connectivity index (χ1) is 12.8. The van der Waals surface area contributed by atoms with E-state index in [-0.39, 0.29) is 23.9 Å². The van der Waals surface area contributed by atoms with Crippen molar-refractivity contribution < 1.29 is 17.6 Å². The molecule has 0 bridgehead atoms. The summed E-state index contributed by atoms with van der Waals surface area (Å²) in [7, 11) is -3.19. The van der Waals surface area contributed by atoms with Gasteiger partial charge in [0.05, 0.1) is 12.3 Å². The zero-order valence-corrected chi connectivity index (χ0v) is 16.5. The first-order valence-electron chi connectivity index (χ1n) is 8.64. The molecule has 27 heavy (non-hydrogen) atoms. The fourth-order valence-corrected chi connectivity index (χ4v) is 4.80. The van der Waals surface area contributed by atoms with E-state index in [1.807, 2.05) is 17.5 Å². The number of carbonyl (C=O) groups is 1. The zero-order chi connectivity index (χ0) is 19.4. The van der Waals surface area contributed by atoms with Crippen molar-refractivity contribution >= 4 is 27.4 Å². The molecule has 3 rings (SSSR count). The molecule has 1 unspecified atom stereocenters. The molecule has 1 aliphatic heterocycles. The third kappa shape index (κ3) is 5.27. The van der Waals surface area contributed by atoms with Gasteiger partial charge in [-0.2, -0.15) is 0 Å². The van der Waals surface area contributed by atoms with E-state index < -0.39 is 10.0 Å². The van der Waals surface area contributed by atoms with Gasteiger partial charge in [-0.1, -0.05) is 18.2 Å². The Morgan fingerprint density at radius 2 is 1.89 bits per heavy atom. The van der Waals surface area contributed by atoms with Gasteiger partial charge >= 0.3 is 6.03 Å². The summed E-state index contributed by atoms with van der Waals surface area (Å²) in [5.74, 6) is -0.328. The number of nitrogens with zero attached hydrogens (tertiary/aromatic N) is 1. The van der Waals surface area contributed by atoms with E-state index in [0.29, 0.717) is 25.9 Å². The van der Waals surface area contributed by atoms with E-state index in [9.17, 15) is 17.6 Å². The molecule has 0 radical (unpaired) electrons. The molecule has 1 aromatic heterocycles. The number of nitrogens with one attached hydrogen (secondary N) is 2. The van der Waals surface area contributed by atoms with Gasteiger partial charge in [0, 0.05) is 24.0 Å². The van der Waals surface area contributed by atoms with Crippen LogP contribution in [0.3, 0.4) is 0 Å². The van der Waals surface area contributed by atoms with Crippen molar-refractivity contribution in [2.75, 3.05) is 19.3 Å². The molecule has 1 saturated heterocycles. The Morgan fingerprint density at radius 1 is 1.22 bits per heavy atom. The van der Waals surface area contributed by atoms with E-state index in [2.05, 4.69) is 10.6 Å². The number of urea groups is 1. The van der Waals surface area contributed by atoms with E-state index in [1.54, 1.807) is 12.1 Å². The highest BCUT2D eigenvalue weighted by Crippen LogP contribution is 2.26. The largest absolute Gasteiger partial charge is 0.335 e. The standard InChI is InChI=1S/C18H22FN3O3S2/c1-27(24,25)22-10-8-15(9-11-22)20-18(23)21-17(16-3-2-12-26-16)13-4-6-14(19)7-5-13/h2-7,12,15,17H,8-11H2,1H3,(H2,20,21,23). The van der Waals surface area contributed by atoms with Crippen LogP contribution >= 0.6 is 11.3 Å². The molecule has 9 heteroatoms. The average molecular weight is 412 g/mol. The van der Waals surface area contributed by atoms with E-state index in [0.717, 1.165) is 10.4 Å². The van der Waals surface area contributed by atoms with Gasteiger partial charge in [-0.3, -0.25) is 0 Å². The van der Waals surface area contributed by atoms with Gasteiger partial charge in [0.25, 0.3) is 0 Å². The Bertz CT molecular complexity index is 862. The number of halogens is 1. The molecule has 1 aliphatic rings. The molecule has 2 heterocycles. The topological polar surface area (TPSA) is 78.5 Å². The van der Waals surface area contributed by atoms with E-state index >= 15 is 0 Å². The molecule has 2 amide bonds. The molecule has 1 atom stereocenters. The summed E-state index contributed by atoms with van der Waals surface area (Å²) < 4.78 is 37.8. The van der Waals surface area contributed by atoms with Crippen LogP contribution in [0.5, 0.6) is 0 Å². The molecule has 6 nitrogen and oxygen atoms in total. The Morgan fingerprint density at radius 3 is 2.44 bits per heavy atom. The van der Waals surface area contributed by atoms with Crippen molar-refractivity contribution in [2.45, 2.75) is 24.9 Å². The number of benzene rings is 1. The zero-order valence-electron chi connectivity index (χ0n) is 14.9. The SMILES string of the molecule is CS(=O)(=O)N1CCC(NC(=O)NC(c2ccc(F)cc2)c2cccs2)CC1. The number of amides is 2. The minimum absolute atomic E-state index is 0.0831. The Hall–Kier alpha value is -1.97. The lowest BCUT2D eigenvalue weighted by molar-refractivity contribution is 0.226. The molecule has 2 aromatic rings. The van der Waals surface area contributed by atoms with Crippen LogP contribution in [0.15, 0.2) is 41.8 Å². The van der Waals surface area contributed by atoms with Gasteiger partial charge in [0.15, 0.2) is 0 Å². The summed E-state index contributed by atoms with van der Waals surface area (Å²) in [6.07, 6.45) is 2.34. The van der Waals surface area contributed by atoms with Crippen LogP contribution in [0.4, 0.5) is 9.18 Å². The number of thiophene rings is 1. The summed E-state index contributed by atoms with van der Waals surface area (Å²) in [6, 6.07) is 9.10. The number of rotatable bonds is 5. The van der Waals surface area contributed by atoms with Crippen molar-refractivity contribution in [1.82, 2.24) is 14.9 Å². The van der Waals surface area contributed by atoms with Crippen LogP contribution in [0.25, 0.3) is 0 Å². The highest BCUT2D eigenvalue weighted by atomic mass is 32.2. The van der Waals surface area contributed by atoms with Gasteiger partial charge in [-0.05, 0) is 42.0 Å². The van der Waals surface area contributed by atoms with Gasteiger partial charge in [0.2, 0.25) is 10.0 Å². The first kappa shape index (κ1) is 19.8. The van der Waals surface area contributed by atoms with E-state index in [4.69, 9.17) is 0 Å². The quantitative estimate of drug-likeness (QED) is 0.794.